The number of carbonyl (C=O) groups excluding carboxylic acids is 1. The van der Waals surface area contributed by atoms with E-state index < -0.39 is 28.5 Å². The van der Waals surface area contributed by atoms with Gasteiger partial charge in [0, 0.05) is 50.0 Å². The fourth-order valence-electron chi connectivity index (χ4n) is 5.12. The van der Waals surface area contributed by atoms with Crippen molar-refractivity contribution in [3.05, 3.63) is 63.9 Å². The lowest BCUT2D eigenvalue weighted by molar-refractivity contribution is -0.137. The fourth-order valence-corrected chi connectivity index (χ4v) is 5.30. The molecule has 5 nitrogen and oxygen atoms in total. The Balaban J connectivity index is 1.60. The second kappa shape index (κ2) is 9.08. The standard InChI is InChI=1S/C24H22ClF4N3O2/c1-34-14-23-12-31(22(33)15-3-5-21(26)20(25)8-15)7-6-17(23)11-32(13-23)18-4-2-16(10-30)19(9-18)24(27,28)29/h2-5,8-9,17H,6-7,11-14H2,1H3/t17-,23+/m1/s1. The van der Waals surface area contributed by atoms with Crippen LogP contribution in [-0.2, 0) is 10.9 Å². The van der Waals surface area contributed by atoms with Crippen molar-refractivity contribution in [2.75, 3.05) is 44.8 Å². The van der Waals surface area contributed by atoms with Crippen molar-refractivity contribution < 1.29 is 27.1 Å². The van der Waals surface area contributed by atoms with Crippen molar-refractivity contribution in [2.45, 2.75) is 12.6 Å². The van der Waals surface area contributed by atoms with Gasteiger partial charge in [-0.15, -0.1) is 0 Å². The van der Waals surface area contributed by atoms with Gasteiger partial charge in [-0.05, 0) is 48.7 Å². The first-order valence-corrected chi connectivity index (χ1v) is 11.1. The van der Waals surface area contributed by atoms with Crippen LogP contribution in [0.2, 0.25) is 5.02 Å². The third kappa shape index (κ3) is 4.44. The van der Waals surface area contributed by atoms with Crippen LogP contribution in [0.5, 0.6) is 0 Å². The highest BCUT2D eigenvalue weighted by atomic mass is 35.5. The predicted octanol–water partition coefficient (Wildman–Crippen LogP) is 4.98. The molecule has 0 unspecified atom stereocenters. The van der Waals surface area contributed by atoms with Crippen LogP contribution in [0.15, 0.2) is 36.4 Å². The van der Waals surface area contributed by atoms with Crippen LogP contribution >= 0.6 is 11.6 Å². The molecule has 2 atom stereocenters. The van der Waals surface area contributed by atoms with E-state index in [1.54, 1.807) is 18.1 Å². The van der Waals surface area contributed by atoms with Crippen LogP contribution in [0, 0.1) is 28.5 Å². The lowest BCUT2D eigenvalue weighted by atomic mass is 9.73. The van der Waals surface area contributed by atoms with Gasteiger partial charge in [0.05, 0.1) is 28.8 Å². The number of hydrogen-bond donors (Lipinski definition) is 0. The summed E-state index contributed by atoms with van der Waals surface area (Å²) in [7, 11) is 1.55. The van der Waals surface area contributed by atoms with E-state index >= 15 is 0 Å². The predicted molar refractivity (Wildman–Crippen MR) is 118 cm³/mol. The molecule has 2 aromatic carbocycles. The number of nitrogens with zero attached hydrogens (tertiary/aromatic N) is 3. The smallest absolute Gasteiger partial charge is 0.384 e. The van der Waals surface area contributed by atoms with E-state index in [1.165, 1.54) is 24.3 Å². The summed E-state index contributed by atoms with van der Waals surface area (Å²) >= 11 is 5.84. The molecule has 2 saturated heterocycles. The summed E-state index contributed by atoms with van der Waals surface area (Å²) in [5, 5.41) is 8.94. The first-order chi connectivity index (χ1) is 16.1. The molecule has 0 radical (unpaired) electrons. The molecule has 1 amide bonds. The first kappa shape index (κ1) is 24.3. The summed E-state index contributed by atoms with van der Waals surface area (Å²) in [6, 6.07) is 9.16. The molecular weight excluding hydrogens is 474 g/mol. The van der Waals surface area contributed by atoms with E-state index in [4.69, 9.17) is 21.6 Å². The Kier molecular flexibility index (Phi) is 6.49. The minimum atomic E-state index is -4.64. The van der Waals surface area contributed by atoms with Crippen molar-refractivity contribution in [1.82, 2.24) is 4.90 Å². The monoisotopic (exact) mass is 495 g/mol. The van der Waals surface area contributed by atoms with Gasteiger partial charge in [0.2, 0.25) is 0 Å². The van der Waals surface area contributed by atoms with Crippen molar-refractivity contribution in [1.29, 1.82) is 5.26 Å². The summed E-state index contributed by atoms with van der Waals surface area (Å²) in [6.45, 7) is 2.03. The van der Waals surface area contributed by atoms with Gasteiger partial charge in [-0.3, -0.25) is 4.79 Å². The van der Waals surface area contributed by atoms with Gasteiger partial charge in [-0.25, -0.2) is 4.39 Å². The number of halogens is 5. The normalized spacial score (nSPS) is 22.4. The molecule has 34 heavy (non-hydrogen) atoms. The topological polar surface area (TPSA) is 56.6 Å². The molecule has 0 spiro atoms. The number of fused-ring (bicyclic) bond motifs is 1. The molecule has 2 aliphatic heterocycles. The molecule has 0 saturated carbocycles. The van der Waals surface area contributed by atoms with Gasteiger partial charge in [0.1, 0.15) is 5.82 Å². The second-order valence-corrected chi connectivity index (χ2v) is 9.26. The molecule has 180 valence electrons. The fraction of sp³-hybridized carbons (Fsp3) is 0.417. The average Bonchev–Trinajstić information content (AvgIpc) is 3.18. The SMILES string of the molecule is COC[C@@]12CN(C(=O)c3ccc(F)c(Cl)c3)CC[C@@H]1CN(c1ccc(C#N)c(C(F)(F)F)c1)C2. The number of rotatable bonds is 4. The summed E-state index contributed by atoms with van der Waals surface area (Å²) < 4.78 is 59.5. The van der Waals surface area contributed by atoms with Crippen molar-refractivity contribution in [2.24, 2.45) is 11.3 Å². The quantitative estimate of drug-likeness (QED) is 0.561. The van der Waals surface area contributed by atoms with Crippen LogP contribution < -0.4 is 4.90 Å². The number of carbonyl (C=O) groups is 1. The number of amides is 1. The number of hydrogen-bond acceptors (Lipinski definition) is 4. The maximum absolute atomic E-state index is 13.5. The van der Waals surface area contributed by atoms with Crippen molar-refractivity contribution in [3.63, 3.8) is 0 Å². The Bertz CT molecular complexity index is 1150. The zero-order valence-electron chi connectivity index (χ0n) is 18.3. The Morgan fingerprint density at radius 3 is 2.68 bits per heavy atom. The maximum atomic E-state index is 13.5. The molecule has 0 N–H and O–H groups in total. The lowest BCUT2D eigenvalue weighted by Gasteiger charge is -2.43. The molecule has 2 heterocycles. The van der Waals surface area contributed by atoms with Gasteiger partial charge in [0.15, 0.2) is 0 Å². The Hall–Kier alpha value is -2.83. The number of methoxy groups -OCH3 is 1. The Labute approximate surface area is 199 Å². The molecule has 0 aromatic heterocycles. The summed E-state index contributed by atoms with van der Waals surface area (Å²) in [5.41, 5.74) is -1.23. The number of nitriles is 1. The van der Waals surface area contributed by atoms with Crippen molar-refractivity contribution >= 4 is 23.2 Å². The highest BCUT2D eigenvalue weighted by Crippen LogP contribution is 2.45. The highest BCUT2D eigenvalue weighted by Gasteiger charge is 2.51. The number of alkyl halides is 3. The largest absolute Gasteiger partial charge is 0.417 e. The molecule has 2 aromatic rings. The van der Waals surface area contributed by atoms with Gasteiger partial charge < -0.3 is 14.5 Å². The number of benzene rings is 2. The zero-order chi connectivity index (χ0) is 24.7. The molecular formula is C24H22ClF4N3O2. The van der Waals surface area contributed by atoms with E-state index in [2.05, 4.69) is 0 Å². The first-order valence-electron chi connectivity index (χ1n) is 10.7. The van der Waals surface area contributed by atoms with Crippen LogP contribution in [0.25, 0.3) is 0 Å². The number of ether oxygens (including phenoxy) is 1. The lowest BCUT2D eigenvalue weighted by Crippen LogP contribution is -2.53. The minimum absolute atomic E-state index is 0.0956. The maximum Gasteiger partial charge on any atom is 0.417 e. The molecule has 0 aliphatic carbocycles. The van der Waals surface area contributed by atoms with Crippen LogP contribution in [0.3, 0.4) is 0 Å². The zero-order valence-corrected chi connectivity index (χ0v) is 19.1. The summed E-state index contributed by atoms with van der Waals surface area (Å²) in [6.07, 6.45) is -4.00. The van der Waals surface area contributed by atoms with E-state index in [1.807, 2.05) is 4.90 Å². The number of anilines is 1. The van der Waals surface area contributed by atoms with Crippen LogP contribution in [0.4, 0.5) is 23.2 Å². The van der Waals surface area contributed by atoms with Crippen LogP contribution in [-0.4, -0.2) is 50.7 Å². The summed E-state index contributed by atoms with van der Waals surface area (Å²) in [5.74, 6) is -0.801. The van der Waals surface area contributed by atoms with E-state index in [0.29, 0.717) is 44.9 Å². The number of likely N-dealkylation sites (tertiary alicyclic amines) is 1. The third-order valence-corrected chi connectivity index (χ3v) is 7.04. The van der Waals surface area contributed by atoms with Gasteiger partial charge in [-0.2, -0.15) is 18.4 Å². The highest BCUT2D eigenvalue weighted by molar-refractivity contribution is 6.31. The average molecular weight is 496 g/mol. The van der Waals surface area contributed by atoms with Gasteiger partial charge in [-0.1, -0.05) is 11.6 Å². The molecule has 10 heteroatoms. The number of piperidine rings is 1. The molecule has 4 rings (SSSR count). The van der Waals surface area contributed by atoms with E-state index in [0.717, 1.165) is 12.1 Å². The second-order valence-electron chi connectivity index (χ2n) is 8.86. The van der Waals surface area contributed by atoms with E-state index in [9.17, 15) is 22.4 Å². The minimum Gasteiger partial charge on any atom is -0.384 e. The molecule has 2 aliphatic rings. The Morgan fingerprint density at radius 1 is 1.26 bits per heavy atom. The summed E-state index contributed by atoms with van der Waals surface area (Å²) in [4.78, 5) is 16.6. The third-order valence-electron chi connectivity index (χ3n) is 6.75. The molecule has 2 fully saturated rings. The van der Waals surface area contributed by atoms with Crippen LogP contribution in [0.1, 0.15) is 27.9 Å². The Morgan fingerprint density at radius 2 is 2.03 bits per heavy atom. The van der Waals surface area contributed by atoms with Gasteiger partial charge >= 0.3 is 6.18 Å². The molecule has 0 bridgehead atoms. The van der Waals surface area contributed by atoms with Gasteiger partial charge in [0.25, 0.3) is 5.91 Å². The van der Waals surface area contributed by atoms with E-state index in [-0.39, 0.29) is 22.4 Å². The van der Waals surface area contributed by atoms with Crippen molar-refractivity contribution in [3.8, 4) is 6.07 Å².